The molecule has 0 saturated carbocycles. The van der Waals surface area contributed by atoms with E-state index >= 15 is 0 Å². The third-order valence-electron chi connectivity index (χ3n) is 4.52. The van der Waals surface area contributed by atoms with Gasteiger partial charge in [0.1, 0.15) is 24.8 Å². The molecule has 0 unspecified atom stereocenters. The van der Waals surface area contributed by atoms with E-state index in [-0.39, 0.29) is 25.0 Å². The summed E-state index contributed by atoms with van der Waals surface area (Å²) < 4.78 is 23.8. The highest BCUT2D eigenvalue weighted by Gasteiger charge is 2.24. The number of rotatable bonds is 5. The maximum absolute atomic E-state index is 12.9. The number of nitrogens with zero attached hydrogens (tertiary/aromatic N) is 1. The van der Waals surface area contributed by atoms with Crippen LogP contribution in [-0.4, -0.2) is 24.2 Å². The second kappa shape index (κ2) is 7.12. The Morgan fingerprint density at radius 3 is 2.69 bits per heavy atom. The molecule has 1 heterocycles. The van der Waals surface area contributed by atoms with Crippen molar-refractivity contribution in [3.63, 3.8) is 0 Å². The molecule has 0 saturated heterocycles. The van der Waals surface area contributed by atoms with E-state index in [9.17, 15) is 9.18 Å². The SMILES string of the molecule is O=C(OCCOc1ccc(F)cc1)c1c2c(nc3ccccc13)CCC2. The molecule has 0 fully saturated rings. The molecule has 0 radical (unpaired) electrons. The lowest BCUT2D eigenvalue weighted by molar-refractivity contribution is 0.0451. The van der Waals surface area contributed by atoms with Crippen LogP contribution in [0.1, 0.15) is 28.0 Å². The lowest BCUT2D eigenvalue weighted by Gasteiger charge is -2.12. The fourth-order valence-electron chi connectivity index (χ4n) is 3.34. The molecule has 4 nitrogen and oxygen atoms in total. The van der Waals surface area contributed by atoms with Crippen LogP contribution >= 0.6 is 0 Å². The molecule has 4 rings (SSSR count). The molecule has 2 aromatic carbocycles. The zero-order valence-corrected chi connectivity index (χ0v) is 14.2. The molecule has 1 aliphatic carbocycles. The molecule has 1 aliphatic rings. The minimum absolute atomic E-state index is 0.127. The van der Waals surface area contributed by atoms with Crippen LogP contribution < -0.4 is 4.74 Å². The largest absolute Gasteiger partial charge is 0.490 e. The first-order valence-electron chi connectivity index (χ1n) is 8.68. The van der Waals surface area contributed by atoms with Crippen molar-refractivity contribution in [2.24, 2.45) is 0 Å². The molecule has 0 spiro atoms. The summed E-state index contributed by atoms with van der Waals surface area (Å²) in [5.41, 5.74) is 3.46. The van der Waals surface area contributed by atoms with Crippen LogP contribution in [0.25, 0.3) is 10.9 Å². The van der Waals surface area contributed by atoms with Crippen LogP contribution in [0.5, 0.6) is 5.75 Å². The fourth-order valence-corrected chi connectivity index (χ4v) is 3.34. The molecule has 132 valence electrons. The van der Waals surface area contributed by atoms with Crippen LogP contribution in [0, 0.1) is 5.82 Å². The standard InChI is InChI=1S/C21H18FNO3/c22-14-8-10-15(11-9-14)25-12-13-26-21(24)20-16-4-1-2-6-18(16)23-19-7-3-5-17(19)20/h1-2,4,6,8-11H,3,5,7,12-13H2. The average Bonchev–Trinajstić information content (AvgIpc) is 3.12. The van der Waals surface area contributed by atoms with Gasteiger partial charge in [-0.3, -0.25) is 4.98 Å². The Kier molecular flexibility index (Phi) is 4.52. The van der Waals surface area contributed by atoms with Crippen molar-refractivity contribution in [1.82, 2.24) is 4.98 Å². The molecule has 3 aromatic rings. The average molecular weight is 351 g/mol. The molecule has 1 aromatic heterocycles. The number of halogens is 1. The summed E-state index contributed by atoms with van der Waals surface area (Å²) in [6.07, 6.45) is 2.75. The van der Waals surface area contributed by atoms with Crippen LogP contribution in [0.2, 0.25) is 0 Å². The van der Waals surface area contributed by atoms with Gasteiger partial charge in [0.05, 0.1) is 11.1 Å². The first-order chi connectivity index (χ1) is 12.7. The molecule has 0 bridgehead atoms. The van der Waals surface area contributed by atoms with E-state index in [2.05, 4.69) is 4.98 Å². The summed E-state index contributed by atoms with van der Waals surface area (Å²) in [5, 5.41) is 0.831. The number of pyridine rings is 1. The predicted molar refractivity (Wildman–Crippen MR) is 95.9 cm³/mol. The molecular weight excluding hydrogens is 333 g/mol. The molecule has 0 atom stereocenters. The minimum atomic E-state index is -0.343. The van der Waals surface area contributed by atoms with Gasteiger partial charge in [0, 0.05) is 11.1 Å². The van der Waals surface area contributed by atoms with E-state index < -0.39 is 0 Å². The van der Waals surface area contributed by atoms with E-state index in [0.29, 0.717) is 11.3 Å². The van der Waals surface area contributed by atoms with Gasteiger partial charge in [0.15, 0.2) is 0 Å². The van der Waals surface area contributed by atoms with Gasteiger partial charge in [-0.1, -0.05) is 18.2 Å². The van der Waals surface area contributed by atoms with E-state index in [4.69, 9.17) is 9.47 Å². The number of carbonyl (C=O) groups is 1. The highest BCUT2D eigenvalue weighted by atomic mass is 19.1. The Morgan fingerprint density at radius 2 is 1.85 bits per heavy atom. The Balaban J connectivity index is 1.47. The summed E-state index contributed by atoms with van der Waals surface area (Å²) in [6, 6.07) is 13.4. The smallest absolute Gasteiger partial charge is 0.339 e. The van der Waals surface area contributed by atoms with Gasteiger partial charge < -0.3 is 9.47 Å². The Morgan fingerprint density at radius 1 is 1.04 bits per heavy atom. The second-order valence-electron chi connectivity index (χ2n) is 6.22. The van der Waals surface area contributed by atoms with Crippen molar-refractivity contribution in [3.05, 3.63) is 71.2 Å². The molecular formula is C21H18FNO3. The maximum atomic E-state index is 12.9. The van der Waals surface area contributed by atoms with Crippen LogP contribution in [0.15, 0.2) is 48.5 Å². The van der Waals surface area contributed by atoms with Gasteiger partial charge in [-0.15, -0.1) is 0 Å². The summed E-state index contributed by atoms with van der Waals surface area (Å²) in [6.45, 7) is 0.338. The lowest BCUT2D eigenvalue weighted by Crippen LogP contribution is -2.15. The topological polar surface area (TPSA) is 48.4 Å². The Labute approximate surface area is 150 Å². The van der Waals surface area contributed by atoms with Crippen molar-refractivity contribution in [2.75, 3.05) is 13.2 Å². The van der Waals surface area contributed by atoms with E-state index in [1.165, 1.54) is 12.1 Å². The zero-order valence-electron chi connectivity index (χ0n) is 14.2. The minimum Gasteiger partial charge on any atom is -0.490 e. The number of hydrogen-bond donors (Lipinski definition) is 0. The first-order valence-corrected chi connectivity index (χ1v) is 8.68. The third kappa shape index (κ3) is 3.25. The van der Waals surface area contributed by atoms with Gasteiger partial charge in [0.25, 0.3) is 0 Å². The van der Waals surface area contributed by atoms with Gasteiger partial charge in [-0.25, -0.2) is 9.18 Å². The van der Waals surface area contributed by atoms with Crippen molar-refractivity contribution in [1.29, 1.82) is 0 Å². The maximum Gasteiger partial charge on any atom is 0.339 e. The third-order valence-corrected chi connectivity index (χ3v) is 4.52. The number of aryl methyl sites for hydroxylation is 1. The molecule has 0 aliphatic heterocycles. The number of ether oxygens (including phenoxy) is 2. The summed E-state index contributed by atoms with van der Waals surface area (Å²) in [5.74, 6) is -0.121. The highest BCUT2D eigenvalue weighted by Crippen LogP contribution is 2.30. The fraction of sp³-hybridized carbons (Fsp3) is 0.238. The number of hydrogen-bond acceptors (Lipinski definition) is 4. The number of aromatic nitrogens is 1. The zero-order chi connectivity index (χ0) is 17.9. The second-order valence-corrected chi connectivity index (χ2v) is 6.22. The van der Waals surface area contributed by atoms with Gasteiger partial charge in [-0.05, 0) is 55.2 Å². The lowest BCUT2D eigenvalue weighted by atomic mass is 10.0. The van der Waals surface area contributed by atoms with Gasteiger partial charge >= 0.3 is 5.97 Å². The normalized spacial score (nSPS) is 12.8. The summed E-state index contributed by atoms with van der Waals surface area (Å²) >= 11 is 0. The van der Waals surface area contributed by atoms with Gasteiger partial charge in [0.2, 0.25) is 0 Å². The highest BCUT2D eigenvalue weighted by molar-refractivity contribution is 6.05. The number of esters is 1. The Bertz CT molecular complexity index is 953. The summed E-state index contributed by atoms with van der Waals surface area (Å²) in [7, 11) is 0. The van der Waals surface area contributed by atoms with E-state index in [0.717, 1.165) is 41.4 Å². The van der Waals surface area contributed by atoms with Crippen molar-refractivity contribution in [3.8, 4) is 5.75 Å². The quantitative estimate of drug-likeness (QED) is 0.513. The van der Waals surface area contributed by atoms with E-state index in [1.807, 2.05) is 24.3 Å². The molecule has 26 heavy (non-hydrogen) atoms. The van der Waals surface area contributed by atoms with Crippen LogP contribution in [-0.2, 0) is 17.6 Å². The Hall–Kier alpha value is -2.95. The van der Waals surface area contributed by atoms with Crippen LogP contribution in [0.3, 0.4) is 0 Å². The van der Waals surface area contributed by atoms with Crippen molar-refractivity contribution >= 4 is 16.9 Å². The number of fused-ring (bicyclic) bond motifs is 2. The van der Waals surface area contributed by atoms with Crippen molar-refractivity contribution in [2.45, 2.75) is 19.3 Å². The van der Waals surface area contributed by atoms with Gasteiger partial charge in [-0.2, -0.15) is 0 Å². The molecule has 0 amide bonds. The van der Waals surface area contributed by atoms with E-state index in [1.54, 1.807) is 12.1 Å². The monoisotopic (exact) mass is 351 g/mol. The molecule has 5 heteroatoms. The van der Waals surface area contributed by atoms with Crippen molar-refractivity contribution < 1.29 is 18.7 Å². The first kappa shape index (κ1) is 16.5. The number of benzene rings is 2. The summed E-state index contributed by atoms with van der Waals surface area (Å²) in [4.78, 5) is 17.4. The number of carbonyl (C=O) groups excluding carboxylic acids is 1. The van der Waals surface area contributed by atoms with Crippen LogP contribution in [0.4, 0.5) is 4.39 Å². The number of para-hydroxylation sites is 1. The molecule has 0 N–H and O–H groups in total. The predicted octanol–water partition coefficient (Wildman–Crippen LogP) is 4.10.